The number of hydrogen-bond acceptors (Lipinski definition) is 3. The van der Waals surface area contributed by atoms with E-state index in [0.717, 1.165) is 10.0 Å². The van der Waals surface area contributed by atoms with Gasteiger partial charge in [-0.3, -0.25) is 4.79 Å². The molecule has 0 spiro atoms. The molecule has 0 saturated carbocycles. The molecule has 1 fully saturated rings. The van der Waals surface area contributed by atoms with Crippen molar-refractivity contribution in [3.63, 3.8) is 0 Å². The molecule has 1 aliphatic heterocycles. The molecule has 2 aromatic carbocycles. The highest BCUT2D eigenvalue weighted by Crippen LogP contribution is 2.22. The lowest BCUT2D eigenvalue weighted by molar-refractivity contribution is 0.0931. The highest BCUT2D eigenvalue weighted by molar-refractivity contribution is 9.10. The number of benzene rings is 2. The van der Waals surface area contributed by atoms with Gasteiger partial charge in [-0.15, -0.1) is 0 Å². The first-order valence-electron chi connectivity index (χ1n) is 6.95. The summed E-state index contributed by atoms with van der Waals surface area (Å²) in [4.78, 5) is 12.2. The van der Waals surface area contributed by atoms with Gasteiger partial charge in [-0.25, -0.2) is 15.2 Å². The van der Waals surface area contributed by atoms with Crippen LogP contribution in [0.1, 0.15) is 28.4 Å². The van der Waals surface area contributed by atoms with Crippen molar-refractivity contribution in [2.45, 2.75) is 18.6 Å². The first kappa shape index (κ1) is 15.1. The maximum absolute atomic E-state index is 13.3. The van der Waals surface area contributed by atoms with Crippen LogP contribution in [0.25, 0.3) is 0 Å². The summed E-state index contributed by atoms with van der Waals surface area (Å²) < 4.78 is 14.0. The molecule has 2 atom stereocenters. The highest BCUT2D eigenvalue weighted by atomic mass is 79.9. The van der Waals surface area contributed by atoms with E-state index in [4.69, 9.17) is 0 Å². The van der Waals surface area contributed by atoms with Gasteiger partial charge in [0.05, 0.1) is 11.7 Å². The molecule has 1 amide bonds. The molecule has 0 radical (unpaired) electrons. The van der Waals surface area contributed by atoms with E-state index >= 15 is 0 Å². The van der Waals surface area contributed by atoms with E-state index in [1.54, 1.807) is 12.1 Å². The van der Waals surface area contributed by atoms with Crippen molar-refractivity contribution in [3.8, 4) is 0 Å². The van der Waals surface area contributed by atoms with E-state index in [0.29, 0.717) is 12.0 Å². The van der Waals surface area contributed by atoms with Gasteiger partial charge in [-0.05, 0) is 45.8 Å². The molecule has 3 N–H and O–H groups in total. The molecular formula is C16H15BrFN3O. The Balaban J connectivity index is 1.64. The van der Waals surface area contributed by atoms with Crippen LogP contribution < -0.4 is 16.2 Å². The summed E-state index contributed by atoms with van der Waals surface area (Å²) in [5.74, 6) is -0.424. The Morgan fingerprint density at radius 1 is 1.18 bits per heavy atom. The molecule has 1 aliphatic rings. The minimum Gasteiger partial charge on any atom is -0.335 e. The van der Waals surface area contributed by atoms with Crippen LogP contribution in [0.15, 0.2) is 53.0 Å². The second kappa shape index (κ2) is 6.56. The van der Waals surface area contributed by atoms with Gasteiger partial charge in [-0.1, -0.05) is 24.3 Å². The summed E-state index contributed by atoms with van der Waals surface area (Å²) in [5.41, 5.74) is 7.54. The lowest BCUT2D eigenvalue weighted by Gasteiger charge is -2.13. The third kappa shape index (κ3) is 3.35. The van der Waals surface area contributed by atoms with Crippen molar-refractivity contribution in [1.29, 1.82) is 0 Å². The zero-order chi connectivity index (χ0) is 15.5. The molecule has 3 rings (SSSR count). The number of hydrazine groups is 1. The van der Waals surface area contributed by atoms with Crippen LogP contribution in [0, 0.1) is 5.82 Å². The van der Waals surface area contributed by atoms with Crippen LogP contribution in [-0.4, -0.2) is 12.1 Å². The summed E-state index contributed by atoms with van der Waals surface area (Å²) in [7, 11) is 0. The van der Waals surface area contributed by atoms with Crippen molar-refractivity contribution < 1.29 is 9.18 Å². The van der Waals surface area contributed by atoms with E-state index in [9.17, 15) is 9.18 Å². The molecule has 2 unspecified atom stereocenters. The SMILES string of the molecule is O=C(NC1CC(c2cccc(F)c2)NN1)c1ccccc1Br. The molecular weight excluding hydrogens is 349 g/mol. The number of carbonyl (C=O) groups is 1. The first-order chi connectivity index (χ1) is 10.6. The van der Waals surface area contributed by atoms with Gasteiger partial charge in [0.25, 0.3) is 5.91 Å². The van der Waals surface area contributed by atoms with Gasteiger partial charge in [-0.2, -0.15) is 0 Å². The zero-order valence-electron chi connectivity index (χ0n) is 11.6. The van der Waals surface area contributed by atoms with E-state index in [2.05, 4.69) is 32.1 Å². The van der Waals surface area contributed by atoms with Gasteiger partial charge in [0.15, 0.2) is 0 Å². The van der Waals surface area contributed by atoms with Crippen molar-refractivity contribution in [2.24, 2.45) is 0 Å². The fourth-order valence-corrected chi connectivity index (χ4v) is 2.94. The van der Waals surface area contributed by atoms with Gasteiger partial charge in [0.2, 0.25) is 0 Å². The Morgan fingerprint density at radius 3 is 2.77 bits per heavy atom. The van der Waals surface area contributed by atoms with Crippen LogP contribution in [-0.2, 0) is 0 Å². The summed E-state index contributed by atoms with van der Waals surface area (Å²) in [6.45, 7) is 0. The molecule has 0 aromatic heterocycles. The Bertz CT molecular complexity index is 695. The Labute approximate surface area is 136 Å². The fourth-order valence-electron chi connectivity index (χ4n) is 2.47. The predicted octanol–water partition coefficient (Wildman–Crippen LogP) is 2.88. The highest BCUT2D eigenvalue weighted by Gasteiger charge is 2.26. The second-order valence-corrected chi connectivity index (χ2v) is 5.99. The molecule has 0 aliphatic carbocycles. The van der Waals surface area contributed by atoms with E-state index < -0.39 is 0 Å². The summed E-state index contributed by atoms with van der Waals surface area (Å²) >= 11 is 3.36. The monoisotopic (exact) mass is 363 g/mol. The number of amides is 1. The van der Waals surface area contributed by atoms with Gasteiger partial charge < -0.3 is 5.32 Å². The van der Waals surface area contributed by atoms with Crippen molar-refractivity contribution >= 4 is 21.8 Å². The van der Waals surface area contributed by atoms with Crippen molar-refractivity contribution in [3.05, 3.63) is 69.9 Å². The zero-order valence-corrected chi connectivity index (χ0v) is 13.2. The second-order valence-electron chi connectivity index (χ2n) is 5.14. The smallest absolute Gasteiger partial charge is 0.253 e. The Hall–Kier alpha value is -1.76. The standard InChI is InChI=1S/C16H15BrFN3O/c17-13-7-2-1-6-12(13)16(22)19-15-9-14(20-21-15)10-4-3-5-11(18)8-10/h1-8,14-15,20-21H,9H2,(H,19,22). The van der Waals surface area contributed by atoms with Crippen LogP contribution in [0.4, 0.5) is 4.39 Å². The predicted molar refractivity (Wildman–Crippen MR) is 85.4 cm³/mol. The van der Waals surface area contributed by atoms with E-state index in [1.165, 1.54) is 12.1 Å². The van der Waals surface area contributed by atoms with E-state index in [-0.39, 0.29) is 23.9 Å². The first-order valence-corrected chi connectivity index (χ1v) is 7.75. The topological polar surface area (TPSA) is 53.2 Å². The minimum atomic E-state index is -0.264. The third-order valence-electron chi connectivity index (χ3n) is 3.58. The maximum Gasteiger partial charge on any atom is 0.253 e. The largest absolute Gasteiger partial charge is 0.335 e. The molecule has 6 heteroatoms. The average Bonchev–Trinajstić information content (AvgIpc) is 2.96. The maximum atomic E-state index is 13.3. The lowest BCUT2D eigenvalue weighted by Crippen LogP contribution is -2.44. The molecule has 22 heavy (non-hydrogen) atoms. The van der Waals surface area contributed by atoms with Crippen LogP contribution in [0.3, 0.4) is 0 Å². The quantitative estimate of drug-likeness (QED) is 0.785. The number of nitrogens with one attached hydrogen (secondary N) is 3. The van der Waals surface area contributed by atoms with Crippen LogP contribution in [0.5, 0.6) is 0 Å². The van der Waals surface area contributed by atoms with Crippen LogP contribution in [0.2, 0.25) is 0 Å². The number of hydrogen-bond donors (Lipinski definition) is 3. The Kier molecular flexibility index (Phi) is 4.52. The fraction of sp³-hybridized carbons (Fsp3) is 0.188. The normalized spacial score (nSPS) is 20.8. The molecule has 1 heterocycles. The lowest BCUT2D eigenvalue weighted by atomic mass is 10.0. The molecule has 1 saturated heterocycles. The molecule has 2 aromatic rings. The van der Waals surface area contributed by atoms with Crippen molar-refractivity contribution in [2.75, 3.05) is 0 Å². The number of halogens is 2. The molecule has 0 bridgehead atoms. The average molecular weight is 364 g/mol. The third-order valence-corrected chi connectivity index (χ3v) is 4.27. The summed E-state index contributed by atoms with van der Waals surface area (Å²) in [5, 5.41) is 2.91. The van der Waals surface area contributed by atoms with Crippen molar-refractivity contribution in [1.82, 2.24) is 16.2 Å². The summed E-state index contributed by atoms with van der Waals surface area (Å²) in [6.07, 6.45) is 0.424. The Morgan fingerprint density at radius 2 is 2.00 bits per heavy atom. The number of rotatable bonds is 3. The van der Waals surface area contributed by atoms with E-state index in [1.807, 2.05) is 24.3 Å². The van der Waals surface area contributed by atoms with Gasteiger partial charge in [0, 0.05) is 16.9 Å². The van der Waals surface area contributed by atoms with Gasteiger partial charge >= 0.3 is 0 Å². The van der Waals surface area contributed by atoms with Crippen LogP contribution >= 0.6 is 15.9 Å². The number of carbonyl (C=O) groups excluding carboxylic acids is 1. The summed E-state index contributed by atoms with van der Waals surface area (Å²) in [6, 6.07) is 13.7. The molecule has 114 valence electrons. The minimum absolute atomic E-state index is 0.0415. The molecule has 4 nitrogen and oxygen atoms in total. The van der Waals surface area contributed by atoms with Gasteiger partial charge in [0.1, 0.15) is 5.82 Å².